The van der Waals surface area contributed by atoms with Crippen LogP contribution in [-0.4, -0.2) is 35.1 Å². The summed E-state index contributed by atoms with van der Waals surface area (Å²) in [4.78, 5) is 15.8. The van der Waals surface area contributed by atoms with Gasteiger partial charge in [-0.25, -0.2) is 0 Å². The van der Waals surface area contributed by atoms with Crippen molar-refractivity contribution < 1.29 is 0 Å². The topological polar surface area (TPSA) is 53.9 Å². The van der Waals surface area contributed by atoms with Crippen LogP contribution >= 0.6 is 0 Å². The second kappa shape index (κ2) is 5.45. The summed E-state index contributed by atoms with van der Waals surface area (Å²) in [6, 6.07) is 8.26. The molecule has 20 heavy (non-hydrogen) atoms. The van der Waals surface area contributed by atoms with Gasteiger partial charge in [0, 0.05) is 25.7 Å². The Morgan fingerprint density at radius 1 is 1.00 bits per heavy atom. The van der Waals surface area contributed by atoms with E-state index in [4.69, 9.17) is 0 Å². The van der Waals surface area contributed by atoms with Crippen LogP contribution in [0.2, 0.25) is 0 Å². The third-order valence-electron chi connectivity index (χ3n) is 3.55. The van der Waals surface area contributed by atoms with E-state index in [0.29, 0.717) is 5.95 Å². The third-order valence-corrected chi connectivity index (χ3v) is 3.55. The summed E-state index contributed by atoms with van der Waals surface area (Å²) in [6.07, 6.45) is 2.42. The Balaban J connectivity index is 2.01. The molecular weight excluding hydrogens is 250 g/mol. The number of hydrogen-bond acceptors (Lipinski definition) is 5. The molecule has 1 aliphatic rings. The van der Waals surface area contributed by atoms with E-state index in [9.17, 15) is 0 Å². The monoisotopic (exact) mass is 269 g/mol. The van der Waals surface area contributed by atoms with Crippen LogP contribution in [0, 0.1) is 6.92 Å². The summed E-state index contributed by atoms with van der Waals surface area (Å²) < 4.78 is 0. The second-order valence-corrected chi connectivity index (χ2v) is 5.09. The highest BCUT2D eigenvalue weighted by Crippen LogP contribution is 2.22. The molecule has 0 spiro atoms. The number of benzene rings is 1. The summed E-state index contributed by atoms with van der Waals surface area (Å²) >= 11 is 0. The lowest BCUT2D eigenvalue weighted by atomic mass is 10.1. The van der Waals surface area contributed by atoms with Crippen LogP contribution in [0.1, 0.15) is 18.4 Å². The molecule has 1 saturated heterocycles. The molecule has 2 heterocycles. The predicted molar refractivity (Wildman–Crippen MR) is 81.0 cm³/mol. The number of hydrogen-bond donors (Lipinski definition) is 1. The Hall–Kier alpha value is -2.17. The zero-order valence-electron chi connectivity index (χ0n) is 11.9. The van der Waals surface area contributed by atoms with E-state index in [2.05, 4.69) is 56.4 Å². The van der Waals surface area contributed by atoms with Crippen molar-refractivity contribution in [3.05, 3.63) is 29.8 Å². The lowest BCUT2D eigenvalue weighted by Gasteiger charge is -2.16. The zero-order valence-corrected chi connectivity index (χ0v) is 11.9. The predicted octanol–water partition coefficient (Wildman–Crippen LogP) is 2.49. The molecule has 5 nitrogen and oxygen atoms in total. The first-order valence-electron chi connectivity index (χ1n) is 7.02. The maximum Gasteiger partial charge on any atom is 0.230 e. The van der Waals surface area contributed by atoms with Gasteiger partial charge in [0.15, 0.2) is 5.82 Å². The van der Waals surface area contributed by atoms with Crippen molar-refractivity contribution in [1.82, 2.24) is 15.0 Å². The van der Waals surface area contributed by atoms with E-state index >= 15 is 0 Å². The molecule has 1 aromatic heterocycles. The van der Waals surface area contributed by atoms with E-state index in [0.717, 1.165) is 30.4 Å². The Bertz CT molecular complexity index is 588. The third kappa shape index (κ3) is 2.57. The Morgan fingerprint density at radius 3 is 2.35 bits per heavy atom. The fraction of sp³-hybridized carbons (Fsp3) is 0.400. The van der Waals surface area contributed by atoms with Crippen LogP contribution in [0.25, 0.3) is 11.4 Å². The number of aryl methyl sites for hydroxylation is 1. The first kappa shape index (κ1) is 12.8. The van der Waals surface area contributed by atoms with Gasteiger partial charge in [-0.2, -0.15) is 15.0 Å². The maximum atomic E-state index is 4.63. The minimum atomic E-state index is 0.623. The molecule has 104 valence electrons. The van der Waals surface area contributed by atoms with Crippen LogP contribution in [0.15, 0.2) is 24.3 Å². The average molecular weight is 269 g/mol. The van der Waals surface area contributed by atoms with Crippen LogP contribution in [0.3, 0.4) is 0 Å². The van der Waals surface area contributed by atoms with Crippen molar-refractivity contribution in [2.24, 2.45) is 0 Å². The first-order valence-corrected chi connectivity index (χ1v) is 7.02. The highest BCUT2D eigenvalue weighted by Gasteiger charge is 2.17. The van der Waals surface area contributed by atoms with Gasteiger partial charge >= 0.3 is 0 Å². The van der Waals surface area contributed by atoms with E-state index in [1.165, 1.54) is 18.4 Å². The number of anilines is 2. The molecule has 1 fully saturated rings. The molecule has 5 heteroatoms. The zero-order chi connectivity index (χ0) is 13.9. The van der Waals surface area contributed by atoms with E-state index in [1.54, 1.807) is 0 Å². The minimum Gasteiger partial charge on any atom is -0.357 e. The van der Waals surface area contributed by atoms with Crippen LogP contribution in [-0.2, 0) is 0 Å². The molecule has 0 unspecified atom stereocenters. The van der Waals surface area contributed by atoms with Crippen LogP contribution < -0.4 is 10.2 Å². The highest BCUT2D eigenvalue weighted by atomic mass is 15.3. The van der Waals surface area contributed by atoms with Gasteiger partial charge < -0.3 is 10.2 Å². The lowest BCUT2D eigenvalue weighted by Crippen LogP contribution is -2.21. The minimum absolute atomic E-state index is 0.623. The molecule has 2 aromatic rings. The molecule has 0 amide bonds. The van der Waals surface area contributed by atoms with Gasteiger partial charge in [0.05, 0.1) is 0 Å². The van der Waals surface area contributed by atoms with Gasteiger partial charge in [0.2, 0.25) is 11.9 Å². The molecule has 0 aliphatic carbocycles. The van der Waals surface area contributed by atoms with E-state index in [-0.39, 0.29) is 0 Å². The van der Waals surface area contributed by atoms with Crippen molar-refractivity contribution in [1.29, 1.82) is 0 Å². The Kier molecular flexibility index (Phi) is 3.50. The molecule has 1 N–H and O–H groups in total. The van der Waals surface area contributed by atoms with Crippen molar-refractivity contribution in [2.45, 2.75) is 19.8 Å². The highest BCUT2D eigenvalue weighted by molar-refractivity contribution is 5.58. The van der Waals surface area contributed by atoms with Crippen molar-refractivity contribution >= 4 is 11.9 Å². The molecular formula is C15H19N5. The fourth-order valence-corrected chi connectivity index (χ4v) is 2.37. The van der Waals surface area contributed by atoms with Crippen molar-refractivity contribution in [2.75, 3.05) is 30.4 Å². The summed E-state index contributed by atoms with van der Waals surface area (Å²) in [5.74, 6) is 2.13. The first-order chi connectivity index (χ1) is 9.76. The molecule has 1 aliphatic heterocycles. The SMILES string of the molecule is CNc1nc(-c2ccc(C)cc2)nc(N2CCCC2)n1. The second-order valence-electron chi connectivity index (χ2n) is 5.09. The molecule has 0 atom stereocenters. The van der Waals surface area contributed by atoms with E-state index < -0.39 is 0 Å². The van der Waals surface area contributed by atoms with E-state index in [1.807, 2.05) is 7.05 Å². The van der Waals surface area contributed by atoms with Gasteiger partial charge in [-0.1, -0.05) is 29.8 Å². The maximum absolute atomic E-state index is 4.63. The quantitative estimate of drug-likeness (QED) is 0.927. The number of nitrogens with one attached hydrogen (secondary N) is 1. The Labute approximate surface area is 119 Å². The van der Waals surface area contributed by atoms with Crippen molar-refractivity contribution in [3.63, 3.8) is 0 Å². The normalized spacial score (nSPS) is 14.6. The smallest absolute Gasteiger partial charge is 0.230 e. The van der Waals surface area contributed by atoms with Crippen LogP contribution in [0.4, 0.5) is 11.9 Å². The van der Waals surface area contributed by atoms with Crippen molar-refractivity contribution in [3.8, 4) is 11.4 Å². The number of nitrogens with zero attached hydrogens (tertiary/aromatic N) is 4. The summed E-state index contributed by atoms with van der Waals surface area (Å²) in [7, 11) is 1.84. The number of rotatable bonds is 3. The average Bonchev–Trinajstić information content (AvgIpc) is 3.02. The largest absolute Gasteiger partial charge is 0.357 e. The summed E-state index contributed by atoms with van der Waals surface area (Å²) in [5, 5.41) is 3.02. The standard InChI is InChI=1S/C15H19N5/c1-11-5-7-12(8-6-11)13-17-14(16-2)19-15(18-13)20-9-3-4-10-20/h5-8H,3-4,9-10H2,1-2H3,(H,16,17,18,19). The van der Waals surface area contributed by atoms with Gasteiger partial charge in [-0.05, 0) is 19.8 Å². The van der Waals surface area contributed by atoms with Gasteiger partial charge in [0.25, 0.3) is 0 Å². The Morgan fingerprint density at radius 2 is 1.70 bits per heavy atom. The summed E-state index contributed by atoms with van der Waals surface area (Å²) in [6.45, 7) is 4.13. The number of aromatic nitrogens is 3. The van der Waals surface area contributed by atoms with Gasteiger partial charge in [0.1, 0.15) is 0 Å². The summed E-state index contributed by atoms with van der Waals surface area (Å²) in [5.41, 5.74) is 2.26. The molecule has 1 aromatic carbocycles. The molecule has 3 rings (SSSR count). The molecule has 0 bridgehead atoms. The molecule has 0 saturated carbocycles. The lowest BCUT2D eigenvalue weighted by molar-refractivity contribution is 0.884. The molecule has 0 radical (unpaired) electrons. The fourth-order valence-electron chi connectivity index (χ4n) is 2.37. The van der Waals surface area contributed by atoms with Crippen LogP contribution in [0.5, 0.6) is 0 Å². The van der Waals surface area contributed by atoms with Gasteiger partial charge in [-0.15, -0.1) is 0 Å². The van der Waals surface area contributed by atoms with Gasteiger partial charge in [-0.3, -0.25) is 0 Å².